The summed E-state index contributed by atoms with van der Waals surface area (Å²) in [5.41, 5.74) is 2.73. The van der Waals surface area contributed by atoms with Crippen LogP contribution in [0.3, 0.4) is 0 Å². The van der Waals surface area contributed by atoms with E-state index in [1.54, 1.807) is 16.7 Å². The van der Waals surface area contributed by atoms with E-state index in [0.29, 0.717) is 24.1 Å². The Morgan fingerprint density at radius 1 is 1.02 bits per heavy atom. The maximum absolute atomic E-state index is 13.1. The highest BCUT2D eigenvalue weighted by molar-refractivity contribution is 7.99. The standard InChI is InChI=1S/C30H36N4O5S/c1-30(2,3)39-29(38)20-4-7-22(8-5-20)33-14-12-32(13-15-33)16-17-40-23-9-6-21-19-34(28(37)24(21)18-23)25-10-11-26(35)31-27(25)36/h4-9,18,25H,10-17,19H2,1-3H3,(H,31,35,36). The number of nitrogens with zero attached hydrogens (tertiary/aromatic N) is 3. The van der Waals surface area contributed by atoms with Crippen molar-refractivity contribution in [2.75, 3.05) is 43.4 Å². The number of carbonyl (C=O) groups excluding carboxylic acids is 4. The molecule has 0 radical (unpaired) electrons. The molecule has 1 N–H and O–H groups in total. The minimum absolute atomic E-state index is 0.137. The van der Waals surface area contributed by atoms with Crippen molar-refractivity contribution in [1.29, 1.82) is 0 Å². The van der Waals surface area contributed by atoms with Crippen molar-refractivity contribution in [3.05, 3.63) is 59.2 Å². The number of ether oxygens (including phenoxy) is 1. The summed E-state index contributed by atoms with van der Waals surface area (Å²) in [5.74, 6) is -0.193. The Balaban J connectivity index is 1.07. The molecule has 9 nitrogen and oxygen atoms in total. The van der Waals surface area contributed by atoms with E-state index in [9.17, 15) is 19.2 Å². The van der Waals surface area contributed by atoms with Gasteiger partial charge in [-0.3, -0.25) is 24.6 Å². The van der Waals surface area contributed by atoms with E-state index in [0.717, 1.165) is 54.6 Å². The van der Waals surface area contributed by atoms with Gasteiger partial charge in [-0.15, -0.1) is 11.8 Å². The van der Waals surface area contributed by atoms with Crippen LogP contribution in [0.15, 0.2) is 47.4 Å². The zero-order valence-corrected chi connectivity index (χ0v) is 24.1. The SMILES string of the molecule is CC(C)(C)OC(=O)c1ccc(N2CCN(CCSc3ccc4c(c3)C(=O)N(C3CCC(=O)NC3=O)C4)CC2)cc1. The second kappa shape index (κ2) is 11.6. The van der Waals surface area contributed by atoms with E-state index in [-0.39, 0.29) is 30.1 Å². The number of fused-ring (bicyclic) bond motifs is 1. The molecule has 0 aromatic heterocycles. The molecule has 0 aliphatic carbocycles. The van der Waals surface area contributed by atoms with Crippen LogP contribution in [0.5, 0.6) is 0 Å². The van der Waals surface area contributed by atoms with Crippen molar-refractivity contribution in [1.82, 2.24) is 15.1 Å². The Morgan fingerprint density at radius 2 is 1.75 bits per heavy atom. The fraction of sp³-hybridized carbons (Fsp3) is 0.467. The Morgan fingerprint density at radius 3 is 2.42 bits per heavy atom. The van der Waals surface area contributed by atoms with Crippen LogP contribution in [0.25, 0.3) is 0 Å². The fourth-order valence-corrected chi connectivity index (χ4v) is 6.24. The largest absolute Gasteiger partial charge is 0.456 e. The molecule has 5 rings (SSSR count). The van der Waals surface area contributed by atoms with Gasteiger partial charge >= 0.3 is 5.97 Å². The molecule has 2 saturated heterocycles. The fourth-order valence-electron chi connectivity index (χ4n) is 5.29. The van der Waals surface area contributed by atoms with Gasteiger partial charge < -0.3 is 14.5 Å². The lowest BCUT2D eigenvalue weighted by atomic mass is 10.0. The molecule has 3 aliphatic rings. The first-order chi connectivity index (χ1) is 19.1. The third-order valence-electron chi connectivity index (χ3n) is 7.42. The molecule has 0 bridgehead atoms. The Bertz CT molecular complexity index is 1300. The summed E-state index contributed by atoms with van der Waals surface area (Å²) in [6, 6.07) is 13.0. The molecule has 2 aromatic carbocycles. The van der Waals surface area contributed by atoms with Crippen LogP contribution < -0.4 is 10.2 Å². The number of thioether (sulfide) groups is 1. The molecule has 2 fully saturated rings. The molecule has 1 atom stereocenters. The van der Waals surface area contributed by atoms with Gasteiger partial charge in [0.25, 0.3) is 5.91 Å². The molecule has 2 aromatic rings. The number of piperidine rings is 1. The minimum atomic E-state index is -0.588. The Labute approximate surface area is 239 Å². The van der Waals surface area contributed by atoms with Gasteiger partial charge in [0.1, 0.15) is 11.6 Å². The van der Waals surface area contributed by atoms with Crippen molar-refractivity contribution in [3.63, 3.8) is 0 Å². The first-order valence-corrected chi connectivity index (χ1v) is 14.8. The number of carbonyl (C=O) groups is 4. The number of esters is 1. The molecule has 3 heterocycles. The van der Waals surface area contributed by atoms with Gasteiger partial charge in [0, 0.05) is 67.6 Å². The maximum atomic E-state index is 13.1. The van der Waals surface area contributed by atoms with Crippen molar-refractivity contribution < 1.29 is 23.9 Å². The van der Waals surface area contributed by atoms with Gasteiger partial charge in [-0.05, 0) is 69.2 Å². The quantitative estimate of drug-likeness (QED) is 0.311. The van der Waals surface area contributed by atoms with E-state index in [1.807, 2.05) is 63.2 Å². The number of rotatable bonds is 7. The van der Waals surface area contributed by atoms with Gasteiger partial charge in [0.2, 0.25) is 11.8 Å². The molecule has 212 valence electrons. The summed E-state index contributed by atoms with van der Waals surface area (Å²) in [5, 5.41) is 2.35. The van der Waals surface area contributed by atoms with Crippen molar-refractivity contribution in [3.8, 4) is 0 Å². The summed E-state index contributed by atoms with van der Waals surface area (Å²) in [6.45, 7) is 10.7. The topological polar surface area (TPSA) is 99.3 Å². The van der Waals surface area contributed by atoms with Crippen molar-refractivity contribution in [2.45, 2.75) is 56.7 Å². The Kier molecular flexibility index (Phi) is 8.19. The molecule has 0 spiro atoms. The molecular formula is C30H36N4O5S. The van der Waals surface area contributed by atoms with Crippen LogP contribution in [0.2, 0.25) is 0 Å². The second-order valence-corrected chi connectivity index (χ2v) is 12.6. The van der Waals surface area contributed by atoms with E-state index in [1.165, 1.54) is 0 Å². The van der Waals surface area contributed by atoms with E-state index >= 15 is 0 Å². The van der Waals surface area contributed by atoms with Crippen LogP contribution in [0.1, 0.15) is 59.9 Å². The first-order valence-electron chi connectivity index (χ1n) is 13.8. The maximum Gasteiger partial charge on any atom is 0.338 e. The summed E-state index contributed by atoms with van der Waals surface area (Å²) < 4.78 is 5.45. The number of anilines is 1. The lowest BCUT2D eigenvalue weighted by Crippen LogP contribution is -2.52. The highest BCUT2D eigenvalue weighted by Crippen LogP contribution is 2.31. The molecule has 3 amide bonds. The van der Waals surface area contributed by atoms with Crippen molar-refractivity contribution >= 4 is 41.1 Å². The lowest BCUT2D eigenvalue weighted by molar-refractivity contribution is -0.136. The van der Waals surface area contributed by atoms with Gasteiger partial charge in [-0.25, -0.2) is 4.79 Å². The summed E-state index contributed by atoms with van der Waals surface area (Å²) in [6.07, 6.45) is 0.628. The molecule has 3 aliphatic heterocycles. The zero-order chi connectivity index (χ0) is 28.4. The minimum Gasteiger partial charge on any atom is -0.456 e. The number of piperazine rings is 1. The van der Waals surface area contributed by atoms with Gasteiger partial charge in [0.15, 0.2) is 0 Å². The van der Waals surface area contributed by atoms with E-state index in [2.05, 4.69) is 15.1 Å². The molecule has 1 unspecified atom stereocenters. The van der Waals surface area contributed by atoms with E-state index in [4.69, 9.17) is 4.74 Å². The third-order valence-corrected chi connectivity index (χ3v) is 8.39. The highest BCUT2D eigenvalue weighted by Gasteiger charge is 2.39. The summed E-state index contributed by atoms with van der Waals surface area (Å²) >= 11 is 1.73. The number of amides is 3. The molecule has 0 saturated carbocycles. The monoisotopic (exact) mass is 564 g/mol. The summed E-state index contributed by atoms with van der Waals surface area (Å²) in [7, 11) is 0. The van der Waals surface area contributed by atoms with Gasteiger partial charge in [-0.1, -0.05) is 6.07 Å². The third kappa shape index (κ3) is 6.50. The zero-order valence-electron chi connectivity index (χ0n) is 23.3. The number of hydrogen-bond donors (Lipinski definition) is 1. The highest BCUT2D eigenvalue weighted by atomic mass is 32.2. The van der Waals surface area contributed by atoms with Crippen LogP contribution in [-0.4, -0.2) is 83.6 Å². The van der Waals surface area contributed by atoms with Gasteiger partial charge in [-0.2, -0.15) is 0 Å². The predicted molar refractivity (Wildman–Crippen MR) is 153 cm³/mol. The molecular weight excluding hydrogens is 528 g/mol. The number of benzene rings is 2. The smallest absolute Gasteiger partial charge is 0.338 e. The average Bonchev–Trinajstić information content (AvgIpc) is 3.23. The second-order valence-electron chi connectivity index (χ2n) is 11.4. The van der Waals surface area contributed by atoms with Crippen LogP contribution in [0, 0.1) is 0 Å². The van der Waals surface area contributed by atoms with Crippen LogP contribution >= 0.6 is 11.8 Å². The van der Waals surface area contributed by atoms with Crippen LogP contribution in [-0.2, 0) is 20.9 Å². The summed E-state index contributed by atoms with van der Waals surface area (Å²) in [4.78, 5) is 56.5. The lowest BCUT2D eigenvalue weighted by Gasteiger charge is -2.36. The van der Waals surface area contributed by atoms with Gasteiger partial charge in [0.05, 0.1) is 5.56 Å². The first kappa shape index (κ1) is 28.2. The molecule has 10 heteroatoms. The van der Waals surface area contributed by atoms with Crippen molar-refractivity contribution in [2.24, 2.45) is 0 Å². The average molecular weight is 565 g/mol. The van der Waals surface area contributed by atoms with E-state index < -0.39 is 11.6 Å². The van der Waals surface area contributed by atoms with Crippen LogP contribution in [0.4, 0.5) is 5.69 Å². The predicted octanol–water partition coefficient (Wildman–Crippen LogP) is 3.32. The normalized spacial score (nSPS) is 20.0. The Hall–Kier alpha value is -3.37. The number of hydrogen-bond acceptors (Lipinski definition) is 8. The number of imide groups is 1. The molecule has 40 heavy (non-hydrogen) atoms. The number of nitrogens with one attached hydrogen (secondary N) is 1.